The molecule has 1 saturated heterocycles. The van der Waals surface area contributed by atoms with Crippen molar-refractivity contribution in [3.05, 3.63) is 81.8 Å². The van der Waals surface area contributed by atoms with Crippen LogP contribution in [0.1, 0.15) is 42.7 Å². The van der Waals surface area contributed by atoms with Gasteiger partial charge in [0.2, 0.25) is 0 Å². The number of carboxylic acid groups (broad SMARTS) is 2. The van der Waals surface area contributed by atoms with Crippen LogP contribution in [-0.4, -0.2) is 52.4 Å². The van der Waals surface area contributed by atoms with Gasteiger partial charge in [-0.3, -0.25) is 4.99 Å². The molecule has 2 aliphatic heterocycles. The molecule has 0 aromatic heterocycles. The molecule has 2 N–H and O–H groups in total. The normalized spacial score (nSPS) is 21.8. The Hall–Kier alpha value is -3.03. The van der Waals surface area contributed by atoms with Crippen molar-refractivity contribution in [1.82, 2.24) is 4.90 Å². The second-order valence-electron chi connectivity index (χ2n) is 9.17. The van der Waals surface area contributed by atoms with Crippen LogP contribution in [0.3, 0.4) is 0 Å². The first kappa shape index (κ1) is 25.1. The Labute approximate surface area is 208 Å². The van der Waals surface area contributed by atoms with Gasteiger partial charge in [-0.25, -0.2) is 14.0 Å². The Morgan fingerprint density at radius 2 is 1.86 bits per heavy atom. The Balaban J connectivity index is 0.000000314. The molecule has 0 saturated carbocycles. The van der Waals surface area contributed by atoms with Crippen molar-refractivity contribution in [1.29, 1.82) is 0 Å². The van der Waals surface area contributed by atoms with Gasteiger partial charge < -0.3 is 15.1 Å². The molecule has 2 heterocycles. The highest BCUT2D eigenvalue weighted by molar-refractivity contribution is 6.30. The number of benzene rings is 1. The van der Waals surface area contributed by atoms with E-state index >= 15 is 0 Å². The van der Waals surface area contributed by atoms with Gasteiger partial charge >= 0.3 is 11.9 Å². The lowest BCUT2D eigenvalue weighted by atomic mass is 9.83. The van der Waals surface area contributed by atoms with Crippen molar-refractivity contribution < 1.29 is 24.2 Å². The second kappa shape index (κ2) is 11.1. The molecule has 5 rings (SSSR count). The fourth-order valence-electron chi connectivity index (χ4n) is 5.23. The van der Waals surface area contributed by atoms with Crippen molar-refractivity contribution >= 4 is 29.3 Å². The molecule has 1 unspecified atom stereocenters. The van der Waals surface area contributed by atoms with Crippen LogP contribution in [0.5, 0.6) is 0 Å². The van der Waals surface area contributed by atoms with Gasteiger partial charge in [0, 0.05) is 41.9 Å². The summed E-state index contributed by atoms with van der Waals surface area (Å²) in [5.41, 5.74) is 6.27. The number of aliphatic carboxylic acids is 2. The Morgan fingerprint density at radius 1 is 1.14 bits per heavy atom. The lowest BCUT2D eigenvalue weighted by Crippen LogP contribution is -2.37. The zero-order chi connectivity index (χ0) is 24.9. The topological polar surface area (TPSA) is 90.2 Å². The molecule has 1 aromatic rings. The number of rotatable bonds is 5. The van der Waals surface area contributed by atoms with E-state index < -0.39 is 11.9 Å². The van der Waals surface area contributed by atoms with E-state index in [1.54, 1.807) is 12.2 Å². The molecular formula is C27H28ClFN2O4. The number of fused-ring (bicyclic) bond motifs is 2. The lowest BCUT2D eigenvalue weighted by Gasteiger charge is -2.34. The highest BCUT2D eigenvalue weighted by atomic mass is 35.5. The number of halogens is 2. The number of allylic oxidation sites excluding steroid dienone is 5. The van der Waals surface area contributed by atoms with Crippen molar-refractivity contribution in [2.45, 2.75) is 38.0 Å². The second-order valence-corrected chi connectivity index (χ2v) is 9.61. The Morgan fingerprint density at radius 3 is 2.54 bits per heavy atom. The maximum absolute atomic E-state index is 13.7. The summed E-state index contributed by atoms with van der Waals surface area (Å²) in [4.78, 5) is 26.2. The number of hydrogen-bond acceptors (Lipinski definition) is 4. The van der Waals surface area contributed by atoms with Crippen molar-refractivity contribution in [2.75, 3.05) is 19.6 Å². The summed E-state index contributed by atoms with van der Waals surface area (Å²) < 4.78 is 13.7. The molecule has 2 aliphatic carbocycles. The van der Waals surface area contributed by atoms with E-state index in [0.717, 1.165) is 48.8 Å². The number of carboxylic acids is 2. The van der Waals surface area contributed by atoms with E-state index in [4.69, 9.17) is 21.8 Å². The third-order valence-corrected chi connectivity index (χ3v) is 7.17. The monoisotopic (exact) mass is 498 g/mol. The summed E-state index contributed by atoms with van der Waals surface area (Å²) in [6.45, 7) is 3.34. The molecule has 0 bridgehead atoms. The van der Waals surface area contributed by atoms with Crippen LogP contribution in [0.2, 0.25) is 5.02 Å². The number of likely N-dealkylation sites (tertiary alicyclic amines) is 1. The molecule has 1 atom stereocenters. The molecule has 0 amide bonds. The molecule has 1 fully saturated rings. The largest absolute Gasteiger partial charge is 0.478 e. The van der Waals surface area contributed by atoms with Crippen LogP contribution in [0.4, 0.5) is 4.39 Å². The molecule has 8 heteroatoms. The van der Waals surface area contributed by atoms with Gasteiger partial charge in [0.1, 0.15) is 5.83 Å². The Kier molecular flexibility index (Phi) is 7.98. The summed E-state index contributed by atoms with van der Waals surface area (Å²) in [7, 11) is 0. The fourth-order valence-corrected chi connectivity index (χ4v) is 5.41. The standard InChI is InChI=1S/C23H24ClFN2.C4H4O4/c24-18-4-3-15-1-2-17(20(15)11-18)14-27-9-7-16(8-10-27)22-13-26-23-6-5-19(25)12-21(22)23;5-3(6)1-2-4(7)8/h3-5,11-13,16-17H,1-2,6-10,14H2;1-2H,(H,5,6)(H,7,8)/b;2-1+. The predicted molar refractivity (Wildman–Crippen MR) is 133 cm³/mol. The molecule has 0 radical (unpaired) electrons. The molecule has 35 heavy (non-hydrogen) atoms. The first-order valence-electron chi connectivity index (χ1n) is 11.8. The van der Waals surface area contributed by atoms with Crippen LogP contribution in [0.15, 0.2) is 70.7 Å². The fraction of sp³-hybridized carbons (Fsp3) is 0.370. The average molecular weight is 499 g/mol. The van der Waals surface area contributed by atoms with Crippen molar-refractivity contribution in [3.8, 4) is 0 Å². The minimum Gasteiger partial charge on any atom is -0.478 e. The van der Waals surface area contributed by atoms with Gasteiger partial charge in [-0.15, -0.1) is 0 Å². The number of aliphatic imine (C=N–C) groups is 1. The molecule has 184 valence electrons. The molecule has 1 aromatic carbocycles. The quantitative estimate of drug-likeness (QED) is 0.536. The van der Waals surface area contributed by atoms with Gasteiger partial charge in [0.05, 0.1) is 5.71 Å². The van der Waals surface area contributed by atoms with Crippen molar-refractivity contribution in [2.24, 2.45) is 10.9 Å². The zero-order valence-corrected chi connectivity index (χ0v) is 20.0. The minimum atomic E-state index is -1.26. The summed E-state index contributed by atoms with van der Waals surface area (Å²) >= 11 is 6.22. The van der Waals surface area contributed by atoms with E-state index in [0.29, 0.717) is 30.4 Å². The predicted octanol–water partition coefficient (Wildman–Crippen LogP) is 5.32. The summed E-state index contributed by atoms with van der Waals surface area (Å²) in [5.74, 6) is -1.52. The van der Waals surface area contributed by atoms with E-state index in [-0.39, 0.29) is 5.83 Å². The smallest absolute Gasteiger partial charge is 0.328 e. The van der Waals surface area contributed by atoms with E-state index in [1.165, 1.54) is 29.5 Å². The number of carbonyl (C=O) groups is 2. The lowest BCUT2D eigenvalue weighted by molar-refractivity contribution is -0.134. The highest BCUT2D eigenvalue weighted by Crippen LogP contribution is 2.39. The summed E-state index contributed by atoms with van der Waals surface area (Å²) in [6, 6.07) is 6.37. The maximum Gasteiger partial charge on any atom is 0.328 e. The van der Waals surface area contributed by atoms with Gasteiger partial charge in [-0.05, 0) is 91.6 Å². The van der Waals surface area contributed by atoms with Crippen LogP contribution < -0.4 is 0 Å². The number of nitrogens with zero attached hydrogens (tertiary/aromatic N) is 2. The van der Waals surface area contributed by atoms with Crippen LogP contribution in [-0.2, 0) is 16.0 Å². The third kappa shape index (κ3) is 6.35. The SMILES string of the molecule is FC1=CCC2=NC=C(C3CCN(CC4CCc5ccc(Cl)cc54)CC3)C2=C1.O=C(O)/C=C/C(=O)O. The van der Waals surface area contributed by atoms with Crippen LogP contribution in [0, 0.1) is 5.92 Å². The first-order valence-corrected chi connectivity index (χ1v) is 12.2. The number of hydrogen-bond donors (Lipinski definition) is 2. The molecule has 6 nitrogen and oxygen atoms in total. The number of aryl methyl sites for hydroxylation is 1. The minimum absolute atomic E-state index is 0.118. The van der Waals surface area contributed by atoms with E-state index in [9.17, 15) is 14.0 Å². The third-order valence-electron chi connectivity index (χ3n) is 6.94. The van der Waals surface area contributed by atoms with Crippen molar-refractivity contribution in [3.63, 3.8) is 0 Å². The van der Waals surface area contributed by atoms with Crippen LogP contribution in [0.25, 0.3) is 0 Å². The first-order chi connectivity index (χ1) is 16.8. The van der Waals surface area contributed by atoms with Gasteiger partial charge in [-0.1, -0.05) is 17.7 Å². The highest BCUT2D eigenvalue weighted by Gasteiger charge is 2.31. The van der Waals surface area contributed by atoms with Crippen LogP contribution >= 0.6 is 11.6 Å². The average Bonchev–Trinajstić information content (AvgIpc) is 3.42. The molecule has 0 spiro atoms. The molecular weight excluding hydrogens is 471 g/mol. The summed E-state index contributed by atoms with van der Waals surface area (Å²) in [6.07, 6.45) is 11.7. The summed E-state index contributed by atoms with van der Waals surface area (Å²) in [5, 5.41) is 16.5. The van der Waals surface area contributed by atoms with Gasteiger partial charge in [0.15, 0.2) is 0 Å². The zero-order valence-electron chi connectivity index (χ0n) is 19.3. The maximum atomic E-state index is 13.7. The number of piperidine rings is 1. The Bertz CT molecular complexity index is 1140. The van der Waals surface area contributed by atoms with Gasteiger partial charge in [0.25, 0.3) is 0 Å². The van der Waals surface area contributed by atoms with E-state index in [1.807, 2.05) is 12.3 Å². The van der Waals surface area contributed by atoms with E-state index in [2.05, 4.69) is 22.0 Å². The van der Waals surface area contributed by atoms with Gasteiger partial charge in [-0.2, -0.15) is 0 Å². The molecule has 4 aliphatic rings.